The van der Waals surface area contributed by atoms with Gasteiger partial charge in [0.05, 0.1) is 6.21 Å². The summed E-state index contributed by atoms with van der Waals surface area (Å²) in [5.41, 5.74) is 3.72. The van der Waals surface area contributed by atoms with E-state index in [2.05, 4.69) is 36.7 Å². The summed E-state index contributed by atoms with van der Waals surface area (Å²) in [5, 5.41) is 11.9. The SMILES string of the molecule is CCc1nnc(N/N=C\c2cccc(Br)c2)n1N.Cl. The molecule has 102 valence electrons. The molecule has 1 aromatic carbocycles. The van der Waals surface area contributed by atoms with E-state index in [0.29, 0.717) is 11.8 Å². The molecule has 0 aliphatic carbocycles. The van der Waals surface area contributed by atoms with Crippen LogP contribution < -0.4 is 11.3 Å². The molecular formula is C11H14BrClN6. The van der Waals surface area contributed by atoms with Gasteiger partial charge in [-0.2, -0.15) is 5.10 Å². The molecule has 6 nitrogen and oxygen atoms in total. The molecule has 19 heavy (non-hydrogen) atoms. The number of aromatic nitrogens is 3. The Kier molecular flexibility index (Phi) is 5.78. The number of benzene rings is 1. The molecule has 1 aromatic heterocycles. The number of nitrogens with two attached hydrogens (primary N) is 1. The van der Waals surface area contributed by atoms with Gasteiger partial charge in [-0.15, -0.1) is 22.6 Å². The number of nitrogen functional groups attached to an aromatic ring is 1. The third-order valence-corrected chi connectivity index (χ3v) is 2.80. The maximum Gasteiger partial charge on any atom is 0.263 e. The number of hydrazone groups is 1. The Bertz CT molecular complexity index is 568. The molecule has 0 saturated heterocycles. The van der Waals surface area contributed by atoms with Crippen LogP contribution in [-0.4, -0.2) is 21.1 Å². The Morgan fingerprint density at radius 3 is 2.89 bits per heavy atom. The first kappa shape index (κ1) is 15.5. The molecule has 8 heteroatoms. The van der Waals surface area contributed by atoms with Crippen LogP contribution in [0.2, 0.25) is 0 Å². The molecule has 1 heterocycles. The van der Waals surface area contributed by atoms with Gasteiger partial charge in [-0.05, 0) is 17.7 Å². The molecule has 0 unspecified atom stereocenters. The highest BCUT2D eigenvalue weighted by molar-refractivity contribution is 9.10. The van der Waals surface area contributed by atoms with E-state index in [4.69, 9.17) is 5.84 Å². The van der Waals surface area contributed by atoms with Gasteiger partial charge in [-0.1, -0.05) is 35.0 Å². The minimum atomic E-state index is 0. The van der Waals surface area contributed by atoms with Gasteiger partial charge in [0.25, 0.3) is 5.95 Å². The quantitative estimate of drug-likeness (QED) is 0.505. The van der Waals surface area contributed by atoms with E-state index in [0.717, 1.165) is 16.5 Å². The van der Waals surface area contributed by atoms with Gasteiger partial charge in [0.1, 0.15) is 0 Å². The molecule has 3 N–H and O–H groups in total. The highest BCUT2D eigenvalue weighted by atomic mass is 79.9. The molecule has 2 rings (SSSR count). The molecule has 2 aromatic rings. The summed E-state index contributed by atoms with van der Waals surface area (Å²) in [6.45, 7) is 1.96. The first-order valence-electron chi connectivity index (χ1n) is 5.44. The van der Waals surface area contributed by atoms with Gasteiger partial charge in [0, 0.05) is 10.9 Å². The molecule has 0 spiro atoms. The molecule has 0 amide bonds. The highest BCUT2D eigenvalue weighted by Crippen LogP contribution is 2.10. The van der Waals surface area contributed by atoms with E-state index in [1.165, 1.54) is 4.68 Å². The first-order chi connectivity index (χ1) is 8.70. The fourth-order valence-corrected chi connectivity index (χ4v) is 1.81. The van der Waals surface area contributed by atoms with E-state index in [-0.39, 0.29) is 12.4 Å². The third-order valence-electron chi connectivity index (χ3n) is 2.31. The molecule has 0 saturated carbocycles. The summed E-state index contributed by atoms with van der Waals surface area (Å²) >= 11 is 3.39. The lowest BCUT2D eigenvalue weighted by molar-refractivity contribution is 0.855. The molecule has 0 fully saturated rings. The molecule has 0 aliphatic heterocycles. The van der Waals surface area contributed by atoms with Crippen LogP contribution in [0.5, 0.6) is 0 Å². The number of anilines is 1. The number of halogens is 2. The largest absolute Gasteiger partial charge is 0.335 e. The molecule has 0 bridgehead atoms. The van der Waals surface area contributed by atoms with Gasteiger partial charge in [-0.3, -0.25) is 0 Å². The van der Waals surface area contributed by atoms with Gasteiger partial charge in [0.15, 0.2) is 5.82 Å². The fraction of sp³-hybridized carbons (Fsp3) is 0.182. The summed E-state index contributed by atoms with van der Waals surface area (Å²) in [6.07, 6.45) is 2.41. The molecule has 0 radical (unpaired) electrons. The Labute approximate surface area is 125 Å². The Morgan fingerprint density at radius 2 is 2.26 bits per heavy atom. The number of hydrogen-bond donors (Lipinski definition) is 2. The predicted molar refractivity (Wildman–Crippen MR) is 82.2 cm³/mol. The lowest BCUT2D eigenvalue weighted by Gasteiger charge is -2.00. The maximum absolute atomic E-state index is 5.77. The third kappa shape index (κ3) is 3.93. The van der Waals surface area contributed by atoms with E-state index in [9.17, 15) is 0 Å². The minimum Gasteiger partial charge on any atom is -0.335 e. The van der Waals surface area contributed by atoms with E-state index < -0.39 is 0 Å². The predicted octanol–water partition coefficient (Wildman–Crippen LogP) is 2.18. The average molecular weight is 346 g/mol. The second kappa shape index (κ2) is 7.10. The number of hydrogen-bond acceptors (Lipinski definition) is 5. The van der Waals surface area contributed by atoms with Crippen molar-refractivity contribution < 1.29 is 0 Å². The zero-order chi connectivity index (χ0) is 13.0. The molecular weight excluding hydrogens is 332 g/mol. The van der Waals surface area contributed by atoms with Crippen LogP contribution in [0.4, 0.5) is 5.95 Å². The van der Waals surface area contributed by atoms with Gasteiger partial charge in [-0.25, -0.2) is 10.1 Å². The lowest BCUT2D eigenvalue weighted by atomic mass is 10.2. The maximum atomic E-state index is 5.77. The van der Waals surface area contributed by atoms with Crippen LogP contribution in [-0.2, 0) is 6.42 Å². The van der Waals surface area contributed by atoms with E-state index in [1.54, 1.807) is 6.21 Å². The first-order valence-corrected chi connectivity index (χ1v) is 6.24. The Hall–Kier alpha value is -1.60. The molecule has 0 aliphatic rings. The van der Waals surface area contributed by atoms with Crippen LogP contribution in [0.15, 0.2) is 33.8 Å². The van der Waals surface area contributed by atoms with Gasteiger partial charge >= 0.3 is 0 Å². The summed E-state index contributed by atoms with van der Waals surface area (Å²) in [7, 11) is 0. The van der Waals surface area contributed by atoms with Crippen LogP contribution in [0.1, 0.15) is 18.3 Å². The standard InChI is InChI=1S/C11H13BrN6.ClH/c1-2-10-15-17-11(18(10)13)16-14-7-8-4-3-5-9(12)6-8;/h3-7H,2,13H2,1H3,(H,16,17);1H/b14-7-;. The molecule has 0 atom stereocenters. The van der Waals surface area contributed by atoms with Crippen molar-refractivity contribution in [2.24, 2.45) is 5.10 Å². The zero-order valence-corrected chi connectivity index (χ0v) is 12.6. The van der Waals surface area contributed by atoms with E-state index >= 15 is 0 Å². The van der Waals surface area contributed by atoms with Crippen LogP contribution >= 0.6 is 28.3 Å². The minimum absolute atomic E-state index is 0. The van der Waals surface area contributed by atoms with Crippen LogP contribution in [0, 0.1) is 0 Å². The average Bonchev–Trinajstić information content (AvgIpc) is 2.71. The number of rotatable bonds is 4. The van der Waals surface area contributed by atoms with Crippen molar-refractivity contribution in [3.05, 3.63) is 40.1 Å². The Balaban J connectivity index is 0.00000180. The van der Waals surface area contributed by atoms with Crippen molar-refractivity contribution in [2.45, 2.75) is 13.3 Å². The van der Waals surface area contributed by atoms with Crippen molar-refractivity contribution in [1.82, 2.24) is 14.9 Å². The summed E-state index contributed by atoms with van der Waals surface area (Å²) in [6, 6.07) is 7.79. The van der Waals surface area contributed by atoms with Gasteiger partial charge in [0.2, 0.25) is 0 Å². The normalized spacial score (nSPS) is 10.4. The summed E-state index contributed by atoms with van der Waals surface area (Å²) < 4.78 is 2.39. The van der Waals surface area contributed by atoms with Crippen molar-refractivity contribution in [2.75, 3.05) is 11.3 Å². The monoisotopic (exact) mass is 344 g/mol. The Morgan fingerprint density at radius 1 is 1.47 bits per heavy atom. The topological polar surface area (TPSA) is 81.1 Å². The van der Waals surface area contributed by atoms with E-state index in [1.807, 2.05) is 31.2 Å². The summed E-state index contributed by atoms with van der Waals surface area (Å²) in [5.74, 6) is 6.88. The summed E-state index contributed by atoms with van der Waals surface area (Å²) in [4.78, 5) is 0. The zero-order valence-electron chi connectivity index (χ0n) is 10.2. The number of nitrogens with zero attached hydrogens (tertiary/aromatic N) is 4. The van der Waals surface area contributed by atoms with Crippen molar-refractivity contribution in [3.8, 4) is 0 Å². The van der Waals surface area contributed by atoms with Crippen molar-refractivity contribution in [1.29, 1.82) is 0 Å². The fourth-order valence-electron chi connectivity index (χ4n) is 1.39. The lowest BCUT2D eigenvalue weighted by Crippen LogP contribution is -2.14. The number of aryl methyl sites for hydroxylation is 1. The second-order valence-corrected chi connectivity index (χ2v) is 4.50. The second-order valence-electron chi connectivity index (χ2n) is 3.59. The van der Waals surface area contributed by atoms with Crippen molar-refractivity contribution >= 4 is 40.5 Å². The number of nitrogens with one attached hydrogen (secondary N) is 1. The van der Waals surface area contributed by atoms with Gasteiger partial charge < -0.3 is 5.84 Å². The smallest absolute Gasteiger partial charge is 0.263 e. The van der Waals surface area contributed by atoms with Crippen LogP contribution in [0.3, 0.4) is 0 Å². The highest BCUT2D eigenvalue weighted by Gasteiger charge is 2.05. The van der Waals surface area contributed by atoms with Crippen molar-refractivity contribution in [3.63, 3.8) is 0 Å². The van der Waals surface area contributed by atoms with Crippen LogP contribution in [0.25, 0.3) is 0 Å².